The van der Waals surface area contributed by atoms with Gasteiger partial charge in [0.2, 0.25) is 0 Å². The zero-order chi connectivity index (χ0) is 16.3. The summed E-state index contributed by atoms with van der Waals surface area (Å²) < 4.78 is 0. The van der Waals surface area contributed by atoms with Crippen LogP contribution >= 0.6 is 0 Å². The van der Waals surface area contributed by atoms with Crippen molar-refractivity contribution in [2.45, 2.75) is 0 Å². The summed E-state index contributed by atoms with van der Waals surface area (Å²) in [4.78, 5) is 30.3. The molecule has 0 unspecified atom stereocenters. The van der Waals surface area contributed by atoms with Crippen molar-refractivity contribution in [3.8, 4) is 11.1 Å². The van der Waals surface area contributed by atoms with Gasteiger partial charge in [-0.15, -0.1) is 0 Å². The number of hydrazine groups is 2. The van der Waals surface area contributed by atoms with Gasteiger partial charge in [0.05, 0.1) is 0 Å². The summed E-state index contributed by atoms with van der Waals surface area (Å²) in [6, 6.07) is 7.02. The Labute approximate surface area is 125 Å². The maximum atomic E-state index is 11.3. The van der Waals surface area contributed by atoms with E-state index in [9.17, 15) is 9.59 Å². The number of anilines is 2. The van der Waals surface area contributed by atoms with Crippen LogP contribution in [0.1, 0.15) is 0 Å². The van der Waals surface area contributed by atoms with Gasteiger partial charge in [-0.3, -0.25) is 0 Å². The highest BCUT2D eigenvalue weighted by Gasteiger charge is 2.20. The highest BCUT2D eigenvalue weighted by atomic mass is 16.2. The fourth-order valence-corrected chi connectivity index (χ4v) is 1.69. The maximum Gasteiger partial charge on any atom is 0.336 e. The van der Waals surface area contributed by atoms with Gasteiger partial charge >= 0.3 is 12.1 Å². The quantitative estimate of drug-likeness (QED) is 0.343. The minimum absolute atomic E-state index is 0.0135. The molecule has 1 aromatic heterocycles. The summed E-state index contributed by atoms with van der Waals surface area (Å²) in [5, 5.41) is 1.15. The van der Waals surface area contributed by atoms with Gasteiger partial charge in [0, 0.05) is 11.8 Å². The highest BCUT2D eigenvalue weighted by molar-refractivity contribution is 5.94. The highest BCUT2D eigenvalue weighted by Crippen LogP contribution is 2.28. The van der Waals surface area contributed by atoms with Gasteiger partial charge in [0.25, 0.3) is 5.95 Å². The number of urea groups is 2. The first-order valence-corrected chi connectivity index (χ1v) is 6.02. The van der Waals surface area contributed by atoms with Crippen LogP contribution in [0.15, 0.2) is 36.5 Å². The molecule has 1 heterocycles. The smallest absolute Gasteiger partial charge is 0.336 e. The number of nitrogens with two attached hydrogens (primary N) is 4. The third kappa shape index (κ3) is 2.92. The molecule has 1 aromatic carbocycles. The largest absolute Gasteiger partial charge is 0.350 e. The van der Waals surface area contributed by atoms with Gasteiger partial charge < -0.3 is 11.5 Å². The van der Waals surface area contributed by atoms with E-state index in [1.165, 1.54) is 6.20 Å². The Kier molecular flexibility index (Phi) is 4.15. The van der Waals surface area contributed by atoms with Crippen LogP contribution in [0.2, 0.25) is 0 Å². The first kappa shape index (κ1) is 15.2. The molecule has 0 aliphatic heterocycles. The van der Waals surface area contributed by atoms with E-state index in [2.05, 4.69) is 9.97 Å². The molecular formula is C12H14N8O2. The summed E-state index contributed by atoms with van der Waals surface area (Å²) in [5.74, 6) is 10.8. The predicted molar refractivity (Wildman–Crippen MR) is 80.0 cm³/mol. The Hall–Kier alpha value is -3.24. The standard InChI is InChI=1S/C12H14N8O2/c13-10(21)19(15)9-8(7-4-2-1-3-5-7)6-17-12(18-9)20(16)11(14)22/h1-6H,15-16H2,(H2,13,21)(H2,14,22). The van der Waals surface area contributed by atoms with Crippen LogP contribution < -0.4 is 33.2 Å². The van der Waals surface area contributed by atoms with Gasteiger partial charge in [-0.25, -0.2) is 31.3 Å². The van der Waals surface area contributed by atoms with Crippen molar-refractivity contribution < 1.29 is 9.59 Å². The summed E-state index contributed by atoms with van der Waals surface area (Å²) >= 11 is 0. The topological polar surface area (TPSA) is 170 Å². The molecule has 0 bridgehead atoms. The molecule has 0 aliphatic rings. The second kappa shape index (κ2) is 6.03. The normalized spacial score (nSPS) is 10.1. The van der Waals surface area contributed by atoms with Crippen LogP contribution in [0.25, 0.3) is 11.1 Å². The lowest BCUT2D eigenvalue weighted by atomic mass is 10.1. The number of rotatable bonds is 3. The number of aromatic nitrogens is 2. The number of amides is 4. The van der Waals surface area contributed by atoms with Crippen molar-refractivity contribution in [1.82, 2.24) is 9.97 Å². The number of primary amides is 2. The van der Waals surface area contributed by atoms with E-state index in [4.69, 9.17) is 23.2 Å². The Bertz CT molecular complexity index is 706. The lowest BCUT2D eigenvalue weighted by Crippen LogP contribution is -2.45. The van der Waals surface area contributed by atoms with Crippen molar-refractivity contribution in [3.05, 3.63) is 36.5 Å². The molecule has 10 heteroatoms. The van der Waals surface area contributed by atoms with Gasteiger partial charge in [0.1, 0.15) is 0 Å². The maximum absolute atomic E-state index is 11.3. The molecule has 0 atom stereocenters. The molecule has 2 rings (SSSR count). The molecule has 0 spiro atoms. The van der Waals surface area contributed by atoms with Crippen LogP contribution in [0, 0.1) is 0 Å². The molecule has 0 radical (unpaired) electrons. The monoisotopic (exact) mass is 302 g/mol. The second-order valence-corrected chi connectivity index (χ2v) is 4.19. The molecule has 0 saturated heterocycles. The molecule has 0 fully saturated rings. The van der Waals surface area contributed by atoms with E-state index in [-0.39, 0.29) is 11.8 Å². The number of nitrogens with zero attached hydrogens (tertiary/aromatic N) is 4. The van der Waals surface area contributed by atoms with E-state index < -0.39 is 12.1 Å². The Morgan fingerprint density at radius 2 is 1.55 bits per heavy atom. The van der Waals surface area contributed by atoms with Crippen molar-refractivity contribution in [3.63, 3.8) is 0 Å². The van der Waals surface area contributed by atoms with E-state index in [0.29, 0.717) is 21.1 Å². The van der Waals surface area contributed by atoms with Crippen molar-refractivity contribution >= 4 is 23.8 Å². The first-order valence-electron chi connectivity index (χ1n) is 6.02. The molecule has 22 heavy (non-hydrogen) atoms. The summed E-state index contributed by atoms with van der Waals surface area (Å²) in [6.07, 6.45) is 1.36. The van der Waals surface area contributed by atoms with Crippen LogP contribution in [0.3, 0.4) is 0 Å². The SMILES string of the molecule is NC(=O)N(N)c1ncc(-c2ccccc2)c(N(N)C(N)=O)n1. The molecule has 10 nitrogen and oxygen atoms in total. The molecule has 4 amide bonds. The number of hydrogen-bond acceptors (Lipinski definition) is 6. The van der Waals surface area contributed by atoms with Crippen LogP contribution in [-0.4, -0.2) is 22.0 Å². The van der Waals surface area contributed by atoms with Crippen molar-refractivity contribution in [1.29, 1.82) is 0 Å². The zero-order valence-corrected chi connectivity index (χ0v) is 11.4. The summed E-state index contributed by atoms with van der Waals surface area (Å²) in [6.45, 7) is 0. The lowest BCUT2D eigenvalue weighted by Gasteiger charge is -2.19. The Balaban J connectivity index is 2.59. The molecule has 114 valence electrons. The number of benzene rings is 1. The molecule has 8 N–H and O–H groups in total. The summed E-state index contributed by atoms with van der Waals surface area (Å²) in [5.41, 5.74) is 11.3. The van der Waals surface area contributed by atoms with E-state index in [1.807, 2.05) is 6.07 Å². The van der Waals surface area contributed by atoms with Gasteiger partial charge in [-0.05, 0) is 5.56 Å². The van der Waals surface area contributed by atoms with E-state index in [0.717, 1.165) is 0 Å². The Morgan fingerprint density at radius 1 is 0.955 bits per heavy atom. The number of carbonyl (C=O) groups excluding carboxylic acids is 2. The lowest BCUT2D eigenvalue weighted by molar-refractivity contribution is 0.253. The second-order valence-electron chi connectivity index (χ2n) is 4.19. The number of hydrogen-bond donors (Lipinski definition) is 4. The van der Waals surface area contributed by atoms with Gasteiger partial charge in [-0.1, -0.05) is 30.3 Å². The first-order chi connectivity index (χ1) is 10.4. The number of carbonyl (C=O) groups is 2. The average molecular weight is 302 g/mol. The zero-order valence-electron chi connectivity index (χ0n) is 11.4. The predicted octanol–water partition coefficient (Wildman–Crippen LogP) is -0.339. The molecule has 0 aliphatic carbocycles. The van der Waals surface area contributed by atoms with Gasteiger partial charge in [0.15, 0.2) is 5.82 Å². The molecule has 2 aromatic rings. The minimum Gasteiger partial charge on any atom is -0.350 e. The van der Waals surface area contributed by atoms with E-state index >= 15 is 0 Å². The fourth-order valence-electron chi connectivity index (χ4n) is 1.69. The minimum atomic E-state index is -0.971. The third-order valence-corrected chi connectivity index (χ3v) is 2.76. The van der Waals surface area contributed by atoms with E-state index in [1.54, 1.807) is 24.3 Å². The average Bonchev–Trinajstić information content (AvgIpc) is 2.53. The van der Waals surface area contributed by atoms with Crippen LogP contribution in [0.5, 0.6) is 0 Å². The van der Waals surface area contributed by atoms with Crippen molar-refractivity contribution in [2.75, 3.05) is 10.0 Å². The Morgan fingerprint density at radius 3 is 2.09 bits per heavy atom. The van der Waals surface area contributed by atoms with Crippen LogP contribution in [-0.2, 0) is 0 Å². The van der Waals surface area contributed by atoms with Gasteiger partial charge in [-0.2, -0.15) is 9.99 Å². The van der Waals surface area contributed by atoms with Crippen molar-refractivity contribution in [2.24, 2.45) is 23.2 Å². The molecular weight excluding hydrogens is 288 g/mol. The molecule has 0 saturated carbocycles. The third-order valence-electron chi connectivity index (χ3n) is 2.76. The fraction of sp³-hybridized carbons (Fsp3) is 0. The van der Waals surface area contributed by atoms with Crippen LogP contribution in [0.4, 0.5) is 21.4 Å². The summed E-state index contributed by atoms with van der Waals surface area (Å²) in [7, 11) is 0.